The maximum absolute atomic E-state index is 13.8. The molecule has 0 bridgehead atoms. The number of benzene rings is 6. The Labute approximate surface area is 475 Å². The molecule has 6 aromatic carbocycles. The molecule has 408 valence electrons. The number of hydrogen-bond donors (Lipinski definition) is 3. The van der Waals surface area contributed by atoms with E-state index < -0.39 is 27.2 Å². The molecule has 4 unspecified atom stereocenters. The van der Waals surface area contributed by atoms with E-state index in [0.29, 0.717) is 116 Å². The molecule has 0 fully saturated rings. The molecule has 6 aromatic rings. The molecular formula is C58H57Cl2N6O10P2S+. The number of nitriles is 2. The molecular weight excluding hydrogens is 1110 g/mol. The third kappa shape index (κ3) is 15.8. The lowest BCUT2D eigenvalue weighted by atomic mass is 10.0. The number of nitrogens with one attached hydrogen (secondary N) is 2. The van der Waals surface area contributed by atoms with Crippen LogP contribution in [0.25, 0.3) is 0 Å². The summed E-state index contributed by atoms with van der Waals surface area (Å²) in [7, 11) is -2.45. The molecule has 4 amide bonds. The Morgan fingerprint density at radius 1 is 0.646 bits per heavy atom. The lowest BCUT2D eigenvalue weighted by Gasteiger charge is -2.26. The Kier molecular flexibility index (Phi) is 21.2. The van der Waals surface area contributed by atoms with Crippen molar-refractivity contribution in [3.8, 4) is 12.1 Å². The minimum absolute atomic E-state index is 0.00607. The maximum atomic E-state index is 13.8. The van der Waals surface area contributed by atoms with Gasteiger partial charge in [0.15, 0.2) is 0 Å². The van der Waals surface area contributed by atoms with Gasteiger partial charge in [0.25, 0.3) is 23.6 Å². The molecule has 8 rings (SSSR count). The van der Waals surface area contributed by atoms with Crippen molar-refractivity contribution in [1.29, 1.82) is 10.5 Å². The van der Waals surface area contributed by atoms with Crippen molar-refractivity contribution in [1.82, 2.24) is 0 Å². The zero-order valence-corrected chi connectivity index (χ0v) is 47.9. The van der Waals surface area contributed by atoms with Crippen LogP contribution in [-0.2, 0) is 34.5 Å². The van der Waals surface area contributed by atoms with E-state index in [9.17, 15) is 28.6 Å². The van der Waals surface area contributed by atoms with Gasteiger partial charge in [-0.3, -0.25) is 19.2 Å². The van der Waals surface area contributed by atoms with Gasteiger partial charge >= 0.3 is 15.0 Å². The van der Waals surface area contributed by atoms with Crippen LogP contribution in [0.3, 0.4) is 0 Å². The zero-order valence-electron chi connectivity index (χ0n) is 43.7. The first-order valence-corrected chi connectivity index (χ1v) is 29.7. The molecule has 2 aliphatic heterocycles. The fraction of sp³-hybridized carbons (Fsp3) is 0.276. The third-order valence-electron chi connectivity index (χ3n) is 13.0. The highest BCUT2D eigenvalue weighted by molar-refractivity contribution is 8.07. The predicted octanol–water partition coefficient (Wildman–Crippen LogP) is 14.1. The summed E-state index contributed by atoms with van der Waals surface area (Å²) >= 11 is 17.8. The zero-order chi connectivity index (χ0) is 56.8. The van der Waals surface area contributed by atoms with Gasteiger partial charge in [0, 0.05) is 78.1 Å². The van der Waals surface area contributed by atoms with Crippen molar-refractivity contribution < 1.29 is 46.7 Å². The van der Waals surface area contributed by atoms with Crippen LogP contribution in [0.15, 0.2) is 121 Å². The average Bonchev–Trinajstić information content (AvgIpc) is 3.79. The second kappa shape index (κ2) is 27.9. The fourth-order valence-corrected chi connectivity index (χ4v) is 11.7. The number of halogens is 2. The molecule has 0 aliphatic carbocycles. The molecule has 0 saturated heterocycles. The molecule has 0 spiro atoms. The van der Waals surface area contributed by atoms with Gasteiger partial charge in [-0.2, -0.15) is 10.5 Å². The highest BCUT2D eigenvalue weighted by atomic mass is 35.5. The molecule has 2 heterocycles. The molecule has 4 atom stereocenters. The molecule has 2 aliphatic rings. The van der Waals surface area contributed by atoms with E-state index >= 15 is 0 Å². The summed E-state index contributed by atoms with van der Waals surface area (Å²) in [5.41, 5.74) is 8.96. The highest BCUT2D eigenvalue weighted by Crippen LogP contribution is 2.52. The molecule has 21 heteroatoms. The van der Waals surface area contributed by atoms with E-state index in [2.05, 4.69) is 10.6 Å². The van der Waals surface area contributed by atoms with Gasteiger partial charge in [-0.1, -0.05) is 59.6 Å². The van der Waals surface area contributed by atoms with Crippen molar-refractivity contribution in [2.45, 2.75) is 78.4 Å². The van der Waals surface area contributed by atoms with Crippen molar-refractivity contribution in [2.24, 2.45) is 0 Å². The van der Waals surface area contributed by atoms with Crippen LogP contribution in [0, 0.1) is 50.4 Å². The smallest absolute Gasteiger partial charge is 0.324 e. The van der Waals surface area contributed by atoms with E-state index in [-0.39, 0.29) is 49.7 Å². The molecule has 16 nitrogen and oxygen atoms in total. The van der Waals surface area contributed by atoms with Gasteiger partial charge in [0.05, 0.1) is 43.4 Å². The SMILES string of the molecule is Cc1ccccc1C(=O)Nc1ccc(C(=O)N2CCCC(OP(O)(=S)OCCC#N)c3cc(Cl)ccc32)c(C)c1.Cc1ccccc1C(=O)Nc1ccc(C(=O)N2CCCC(O[P+](=O)OCCC#N)c3cc(Cl)ccc32)c(C)c1. The summed E-state index contributed by atoms with van der Waals surface area (Å²) in [6.07, 6.45) is 1.07. The van der Waals surface area contributed by atoms with Crippen molar-refractivity contribution in [3.05, 3.63) is 187 Å². The monoisotopic (exact) mass is 1160 g/mol. The number of fused-ring (bicyclic) bond motifs is 2. The lowest BCUT2D eigenvalue weighted by Crippen LogP contribution is -2.32. The number of rotatable bonds is 16. The highest BCUT2D eigenvalue weighted by Gasteiger charge is 2.36. The molecule has 79 heavy (non-hydrogen) atoms. The second-order valence-corrected chi connectivity index (χ2v) is 23.1. The minimum atomic E-state index is -3.63. The van der Waals surface area contributed by atoms with E-state index in [1.807, 2.05) is 76.2 Å². The first-order chi connectivity index (χ1) is 37.9. The summed E-state index contributed by atoms with van der Waals surface area (Å²) in [6, 6.07) is 39.2. The summed E-state index contributed by atoms with van der Waals surface area (Å²) in [5, 5.41) is 24.1. The topological polar surface area (TPSA) is 221 Å². The van der Waals surface area contributed by atoms with Crippen LogP contribution in [0.1, 0.15) is 126 Å². The fourth-order valence-electron chi connectivity index (χ4n) is 9.12. The second-order valence-electron chi connectivity index (χ2n) is 18.6. The van der Waals surface area contributed by atoms with Crippen LogP contribution in [0.4, 0.5) is 22.7 Å². The molecule has 0 aromatic heterocycles. The van der Waals surface area contributed by atoms with Crippen molar-refractivity contribution in [3.63, 3.8) is 0 Å². The number of hydrogen-bond acceptors (Lipinski definition) is 12. The summed E-state index contributed by atoms with van der Waals surface area (Å²) in [6.45, 7) is 4.57. The van der Waals surface area contributed by atoms with Gasteiger partial charge in [-0.15, -0.1) is 9.05 Å². The number of carbonyl (C=O) groups is 4. The summed E-state index contributed by atoms with van der Waals surface area (Å²) in [5.74, 6) is -0.858. The standard InChI is InChI=1S/C29H29ClN3O5PS.C29H27ClN3O5P/c1-19-7-3-4-8-23(19)28(34)32-22-11-12-24(20(2)17-22)29(35)33-15-5-9-27(25-18-21(30)10-13-26(25)33)38-39(36,40)37-16-6-14-31;1-19-7-3-4-8-23(19)28(34)32-22-11-12-24(20(2)17-22)29(35)33-15-5-9-27(38-39(36)37-16-6-14-31)25-18-21(30)10-13-26(25)33/h3-4,7-8,10-13,17-18,27H,5-6,9,15-16H2,1-2H3,(H,32,34)(H,36,40);3-4,7-8,10-13,17-18,27H,5-6,9,15-16H2,1-2H3/p+1. The first-order valence-electron chi connectivity index (χ1n) is 25.2. The lowest BCUT2D eigenvalue weighted by molar-refractivity contribution is 0.0978. The van der Waals surface area contributed by atoms with Crippen LogP contribution in [0.2, 0.25) is 10.0 Å². The molecule has 0 saturated carbocycles. The Hall–Kier alpha value is -6.69. The Balaban J connectivity index is 0.000000229. The summed E-state index contributed by atoms with van der Waals surface area (Å²) in [4.78, 5) is 67.0. The van der Waals surface area contributed by atoms with E-state index in [4.69, 9.17) is 63.6 Å². The van der Waals surface area contributed by atoms with Crippen LogP contribution in [0.5, 0.6) is 0 Å². The molecule has 3 N–H and O–H groups in total. The van der Waals surface area contributed by atoms with Gasteiger partial charge in [0.2, 0.25) is 0 Å². The Morgan fingerprint density at radius 3 is 1.57 bits per heavy atom. The number of carbonyl (C=O) groups excluding carboxylic acids is 4. The van der Waals surface area contributed by atoms with Crippen LogP contribution >= 0.6 is 38.2 Å². The number of aryl methyl sites for hydroxylation is 4. The van der Waals surface area contributed by atoms with Crippen LogP contribution < -0.4 is 20.4 Å². The van der Waals surface area contributed by atoms with Gasteiger partial charge in [0.1, 0.15) is 12.7 Å². The van der Waals surface area contributed by atoms with E-state index in [1.165, 1.54) is 0 Å². The first kappa shape index (κ1) is 60.0. The predicted molar refractivity (Wildman–Crippen MR) is 309 cm³/mol. The third-order valence-corrected chi connectivity index (χ3v) is 15.9. The van der Waals surface area contributed by atoms with Gasteiger partial charge in [-0.05, 0) is 172 Å². The van der Waals surface area contributed by atoms with E-state index in [1.54, 1.807) is 94.7 Å². The van der Waals surface area contributed by atoms with Crippen LogP contribution in [-0.4, -0.2) is 54.8 Å². The summed E-state index contributed by atoms with van der Waals surface area (Å²) < 4.78 is 34.3. The Morgan fingerprint density at radius 2 is 1.10 bits per heavy atom. The van der Waals surface area contributed by atoms with Crippen molar-refractivity contribution >= 4 is 96.4 Å². The minimum Gasteiger partial charge on any atom is -0.324 e. The quantitative estimate of drug-likeness (QED) is 0.0607. The van der Waals surface area contributed by atoms with Gasteiger partial charge in [-0.25, -0.2) is 0 Å². The number of amides is 4. The largest absolute Gasteiger partial charge is 0.698 e. The number of anilines is 4. The Bertz CT molecular complexity index is 3430. The van der Waals surface area contributed by atoms with Crippen molar-refractivity contribution in [2.75, 3.05) is 46.7 Å². The van der Waals surface area contributed by atoms with E-state index in [0.717, 1.165) is 11.1 Å². The normalized spacial score (nSPS) is 15.7. The van der Waals surface area contributed by atoms with Gasteiger partial charge < -0.3 is 34.4 Å². The maximum Gasteiger partial charge on any atom is 0.698 e. The average molecular weight is 1160 g/mol. The number of nitrogens with zero attached hydrogens (tertiary/aromatic N) is 4. The molecule has 0 radical (unpaired) electrons.